The Hall–Kier alpha value is -0.740. The number of aromatic nitrogens is 2. The monoisotopic (exact) mass is 322 g/mol. The van der Waals surface area contributed by atoms with Gasteiger partial charge in [-0.3, -0.25) is 0 Å². The van der Waals surface area contributed by atoms with Gasteiger partial charge < -0.3 is 4.42 Å². The third kappa shape index (κ3) is 3.62. The summed E-state index contributed by atoms with van der Waals surface area (Å²) in [6, 6.07) is 7.26. The lowest BCUT2D eigenvalue weighted by atomic mass is 10.2. The van der Waals surface area contributed by atoms with Gasteiger partial charge in [0.15, 0.2) is 0 Å². The van der Waals surface area contributed by atoms with Crippen molar-refractivity contribution in [1.29, 1.82) is 0 Å². The Morgan fingerprint density at radius 3 is 2.22 bits per heavy atom. The van der Waals surface area contributed by atoms with E-state index in [9.17, 15) is 0 Å². The zero-order valence-corrected chi connectivity index (χ0v) is 11.8. The van der Waals surface area contributed by atoms with Gasteiger partial charge in [0.1, 0.15) is 0 Å². The summed E-state index contributed by atoms with van der Waals surface area (Å²) in [4.78, 5) is 0. The number of benzene rings is 1. The maximum atomic E-state index is 5.77. The van der Waals surface area contributed by atoms with Crippen LogP contribution < -0.4 is 0 Å². The first-order valence-electron chi connectivity index (χ1n) is 4.79. The molecule has 0 atom stereocenters. The highest BCUT2D eigenvalue weighted by molar-refractivity contribution is 6.66. The lowest BCUT2D eigenvalue weighted by Crippen LogP contribution is -1.99. The molecule has 18 heavy (non-hydrogen) atoms. The molecule has 0 aliphatic rings. The maximum absolute atomic E-state index is 5.77. The SMILES string of the molecule is Clc1ccc(C=Cc2nnc(C(Cl)(Cl)Cl)o2)cc1. The molecule has 0 spiro atoms. The molecule has 2 aromatic rings. The first-order chi connectivity index (χ1) is 8.45. The Labute approximate surface area is 123 Å². The van der Waals surface area contributed by atoms with Crippen LogP contribution in [0.25, 0.3) is 12.2 Å². The van der Waals surface area contributed by atoms with Gasteiger partial charge in [0.25, 0.3) is 9.68 Å². The zero-order valence-electron chi connectivity index (χ0n) is 8.78. The van der Waals surface area contributed by atoms with Crippen LogP contribution in [0.4, 0.5) is 0 Å². The molecule has 0 radical (unpaired) electrons. The van der Waals surface area contributed by atoms with E-state index in [0.717, 1.165) is 5.56 Å². The Kier molecular flexibility index (Phi) is 4.17. The second-order valence-electron chi connectivity index (χ2n) is 3.33. The number of alkyl halides is 3. The topological polar surface area (TPSA) is 38.9 Å². The van der Waals surface area contributed by atoms with E-state index >= 15 is 0 Å². The first-order valence-corrected chi connectivity index (χ1v) is 6.31. The van der Waals surface area contributed by atoms with Gasteiger partial charge in [-0.25, -0.2) is 0 Å². The van der Waals surface area contributed by atoms with E-state index in [2.05, 4.69) is 10.2 Å². The maximum Gasteiger partial charge on any atom is 0.268 e. The highest BCUT2D eigenvalue weighted by Gasteiger charge is 2.29. The van der Waals surface area contributed by atoms with E-state index in [-0.39, 0.29) is 11.8 Å². The summed E-state index contributed by atoms with van der Waals surface area (Å²) in [6.45, 7) is 0. The fraction of sp³-hybridized carbons (Fsp3) is 0.0909. The van der Waals surface area contributed by atoms with Gasteiger partial charge in [0.05, 0.1) is 0 Å². The van der Waals surface area contributed by atoms with Crippen molar-refractivity contribution in [3.63, 3.8) is 0 Å². The van der Waals surface area contributed by atoms with Crippen molar-refractivity contribution < 1.29 is 4.42 Å². The molecule has 0 saturated heterocycles. The molecule has 2 rings (SSSR count). The molecule has 0 fully saturated rings. The zero-order chi connectivity index (χ0) is 13.2. The molecule has 1 heterocycles. The van der Waals surface area contributed by atoms with Gasteiger partial charge >= 0.3 is 0 Å². The molecule has 94 valence electrons. The quantitative estimate of drug-likeness (QED) is 0.750. The minimum atomic E-state index is -1.71. The van der Waals surface area contributed by atoms with Crippen LogP contribution in [0.3, 0.4) is 0 Å². The van der Waals surface area contributed by atoms with E-state index in [0.29, 0.717) is 5.02 Å². The molecule has 0 unspecified atom stereocenters. The highest BCUT2D eigenvalue weighted by Crippen LogP contribution is 2.37. The van der Waals surface area contributed by atoms with E-state index in [1.54, 1.807) is 24.3 Å². The van der Waals surface area contributed by atoms with Gasteiger partial charge in [-0.1, -0.05) is 58.5 Å². The summed E-state index contributed by atoms with van der Waals surface area (Å²) in [5.41, 5.74) is 0.938. The number of rotatable bonds is 2. The third-order valence-corrected chi connectivity index (χ3v) is 2.71. The lowest BCUT2D eigenvalue weighted by molar-refractivity contribution is 0.493. The van der Waals surface area contributed by atoms with Crippen LogP contribution in [0, 0.1) is 0 Å². The molecule has 0 amide bonds. The number of hydrogen-bond acceptors (Lipinski definition) is 3. The van der Waals surface area contributed by atoms with Crippen molar-refractivity contribution in [2.24, 2.45) is 0 Å². The van der Waals surface area contributed by atoms with Crippen LogP contribution in [0.5, 0.6) is 0 Å². The van der Waals surface area contributed by atoms with Crippen molar-refractivity contribution in [3.8, 4) is 0 Å². The minimum Gasteiger partial charge on any atom is -0.417 e. The smallest absolute Gasteiger partial charge is 0.268 e. The molecule has 7 heteroatoms. The Morgan fingerprint density at radius 2 is 1.67 bits per heavy atom. The van der Waals surface area contributed by atoms with E-state index in [4.69, 9.17) is 50.8 Å². The van der Waals surface area contributed by atoms with Crippen molar-refractivity contribution in [3.05, 3.63) is 46.6 Å². The molecule has 0 saturated carbocycles. The molecule has 0 aliphatic heterocycles. The Balaban J connectivity index is 2.14. The average molecular weight is 324 g/mol. The highest BCUT2D eigenvalue weighted by atomic mass is 35.6. The summed E-state index contributed by atoms with van der Waals surface area (Å²) in [6.07, 6.45) is 3.40. The standard InChI is InChI=1S/C11H6Cl4N2O/c12-8-4-1-7(2-5-8)3-6-9-16-17-10(18-9)11(13,14)15/h1-6H. The normalized spacial score (nSPS) is 12.2. The fourth-order valence-corrected chi connectivity index (χ4v) is 1.51. The van der Waals surface area contributed by atoms with E-state index in [1.165, 1.54) is 0 Å². The van der Waals surface area contributed by atoms with Crippen LogP contribution in [-0.2, 0) is 3.79 Å². The van der Waals surface area contributed by atoms with Crippen LogP contribution in [0.2, 0.25) is 5.02 Å². The molecular formula is C11H6Cl4N2O. The van der Waals surface area contributed by atoms with Crippen LogP contribution in [-0.4, -0.2) is 10.2 Å². The fourth-order valence-electron chi connectivity index (χ4n) is 1.16. The van der Waals surface area contributed by atoms with Gasteiger partial charge in [-0.2, -0.15) is 0 Å². The average Bonchev–Trinajstić information content (AvgIpc) is 2.77. The molecule has 3 nitrogen and oxygen atoms in total. The van der Waals surface area contributed by atoms with E-state index < -0.39 is 3.79 Å². The molecule has 0 N–H and O–H groups in total. The largest absolute Gasteiger partial charge is 0.417 e. The number of halogens is 4. The Morgan fingerprint density at radius 1 is 1.00 bits per heavy atom. The minimum absolute atomic E-state index is 0.0664. The van der Waals surface area contributed by atoms with Crippen molar-refractivity contribution >= 4 is 58.6 Å². The number of hydrogen-bond donors (Lipinski definition) is 0. The summed E-state index contributed by atoms with van der Waals surface area (Å²) in [5.74, 6) is 0.189. The van der Waals surface area contributed by atoms with Gasteiger partial charge in [-0.05, 0) is 23.8 Å². The summed E-state index contributed by atoms with van der Waals surface area (Å²) in [7, 11) is 0. The lowest BCUT2D eigenvalue weighted by Gasteiger charge is -2.01. The Bertz CT molecular complexity index is 557. The molecule has 0 aliphatic carbocycles. The first kappa shape index (κ1) is 13.7. The van der Waals surface area contributed by atoms with Crippen molar-refractivity contribution in [2.75, 3.05) is 0 Å². The third-order valence-electron chi connectivity index (χ3n) is 1.97. The summed E-state index contributed by atoms with van der Waals surface area (Å²) in [5, 5.41) is 8.03. The van der Waals surface area contributed by atoms with Crippen molar-refractivity contribution in [1.82, 2.24) is 10.2 Å². The molecule has 0 bridgehead atoms. The predicted octanol–water partition coefficient (Wildman–Crippen LogP) is 4.72. The molecular weight excluding hydrogens is 318 g/mol. The van der Waals surface area contributed by atoms with E-state index in [1.807, 2.05) is 12.1 Å². The summed E-state index contributed by atoms with van der Waals surface area (Å²) < 4.78 is 3.45. The van der Waals surface area contributed by atoms with Gasteiger partial charge in [0, 0.05) is 11.1 Å². The van der Waals surface area contributed by atoms with Crippen LogP contribution in [0.1, 0.15) is 17.3 Å². The number of nitrogens with zero attached hydrogens (tertiary/aromatic N) is 2. The van der Waals surface area contributed by atoms with Crippen LogP contribution in [0.15, 0.2) is 28.7 Å². The molecule has 1 aromatic heterocycles. The van der Waals surface area contributed by atoms with Gasteiger partial charge in [-0.15, -0.1) is 10.2 Å². The second-order valence-corrected chi connectivity index (χ2v) is 6.05. The van der Waals surface area contributed by atoms with Crippen molar-refractivity contribution in [2.45, 2.75) is 3.79 Å². The van der Waals surface area contributed by atoms with Gasteiger partial charge in [0.2, 0.25) is 5.89 Å². The predicted molar refractivity (Wildman–Crippen MR) is 73.9 cm³/mol. The molecule has 1 aromatic carbocycles. The summed E-state index contributed by atoms with van der Waals surface area (Å²) >= 11 is 22.6. The van der Waals surface area contributed by atoms with Crippen LogP contribution >= 0.6 is 46.4 Å². The second kappa shape index (κ2) is 5.49.